The molecule has 0 aromatic rings. The zero-order chi connectivity index (χ0) is 13.0. The minimum atomic E-state index is -1.70. The monoisotopic (exact) mass is 313 g/mol. The predicted octanol–water partition coefficient (Wildman–Crippen LogP) is 2.84. The maximum Gasteiger partial charge on any atom is 0.254 e. The van der Waals surface area contributed by atoms with Gasteiger partial charge >= 0.3 is 0 Å². The molecule has 1 aliphatic carbocycles. The molecule has 1 aliphatic heterocycles. The quantitative estimate of drug-likeness (QED) is 0.597. The van der Waals surface area contributed by atoms with Crippen LogP contribution in [0.2, 0.25) is 0 Å². The lowest BCUT2D eigenvalue weighted by molar-refractivity contribution is -0.127. The molecule has 0 bridgehead atoms. The third-order valence-corrected chi connectivity index (χ3v) is 5.35. The number of amides is 2. The van der Waals surface area contributed by atoms with Gasteiger partial charge in [-0.3, -0.25) is 14.9 Å². The summed E-state index contributed by atoms with van der Waals surface area (Å²) in [6, 6.07) is 0. The minimum absolute atomic E-state index is 0.00254. The van der Waals surface area contributed by atoms with Crippen LogP contribution in [0.15, 0.2) is 21.2 Å². The highest BCUT2D eigenvalue weighted by molar-refractivity contribution is 6.56. The second-order valence-electron chi connectivity index (χ2n) is 3.89. The number of halogens is 4. The van der Waals surface area contributed by atoms with Crippen LogP contribution in [-0.2, 0) is 9.59 Å². The summed E-state index contributed by atoms with van der Waals surface area (Å²) in [6.07, 6.45) is 1.68. The standard InChI is InChI=1S/C10H7Cl4NO2/c1-2-9-3-4(11)5(12)6(13)10(9,14)8(17)15-7(9)16/h3H,2H2,1H3,(H,15,16,17). The lowest BCUT2D eigenvalue weighted by atomic mass is 9.71. The Balaban J connectivity index is 2.78. The van der Waals surface area contributed by atoms with Crippen molar-refractivity contribution < 1.29 is 9.59 Å². The van der Waals surface area contributed by atoms with Gasteiger partial charge in [-0.25, -0.2) is 0 Å². The van der Waals surface area contributed by atoms with E-state index in [1.807, 2.05) is 0 Å². The van der Waals surface area contributed by atoms with E-state index >= 15 is 0 Å². The number of alkyl halides is 1. The van der Waals surface area contributed by atoms with Crippen molar-refractivity contribution in [2.24, 2.45) is 5.41 Å². The predicted molar refractivity (Wildman–Crippen MR) is 67.1 cm³/mol. The molecule has 1 N–H and O–H groups in total. The summed E-state index contributed by atoms with van der Waals surface area (Å²) in [4.78, 5) is 22.1. The summed E-state index contributed by atoms with van der Waals surface area (Å²) in [5.74, 6) is -1.19. The van der Waals surface area contributed by atoms with Crippen LogP contribution in [-0.4, -0.2) is 16.7 Å². The number of nitrogens with one attached hydrogen (secondary N) is 1. The molecule has 0 spiro atoms. The van der Waals surface area contributed by atoms with E-state index in [-0.39, 0.29) is 21.5 Å². The van der Waals surface area contributed by atoms with Crippen molar-refractivity contribution in [3.63, 3.8) is 0 Å². The highest BCUT2D eigenvalue weighted by atomic mass is 35.5. The third kappa shape index (κ3) is 1.37. The molecule has 1 saturated heterocycles. The molecular weight excluding hydrogens is 308 g/mol. The van der Waals surface area contributed by atoms with Crippen molar-refractivity contribution in [3.05, 3.63) is 21.2 Å². The first-order chi connectivity index (χ1) is 7.81. The molecule has 2 rings (SSSR count). The van der Waals surface area contributed by atoms with Gasteiger partial charge in [-0.1, -0.05) is 41.7 Å². The Bertz CT molecular complexity index is 485. The SMILES string of the molecule is CCC12C=C(Cl)C(Cl)=C(Cl)C1(Cl)C(=O)NC2=O. The topological polar surface area (TPSA) is 46.2 Å². The van der Waals surface area contributed by atoms with Crippen molar-refractivity contribution in [1.82, 2.24) is 5.32 Å². The van der Waals surface area contributed by atoms with Gasteiger partial charge in [0.05, 0.1) is 15.1 Å². The Morgan fingerprint density at radius 2 is 1.82 bits per heavy atom. The molecule has 92 valence electrons. The normalized spacial score (nSPS) is 36.9. The summed E-state index contributed by atoms with van der Waals surface area (Å²) < 4.78 is 0. The van der Waals surface area contributed by atoms with Crippen LogP contribution in [0.5, 0.6) is 0 Å². The molecule has 0 aromatic carbocycles. The molecule has 1 fully saturated rings. The van der Waals surface area contributed by atoms with Crippen LogP contribution in [0.1, 0.15) is 13.3 Å². The summed E-state index contributed by atoms with van der Waals surface area (Å²) in [6.45, 7) is 1.72. The molecule has 0 aromatic heterocycles. The highest BCUT2D eigenvalue weighted by Crippen LogP contribution is 2.57. The number of hydrogen-bond donors (Lipinski definition) is 1. The fourth-order valence-corrected chi connectivity index (χ4v) is 3.51. The van der Waals surface area contributed by atoms with E-state index in [0.29, 0.717) is 0 Å². The summed E-state index contributed by atoms with van der Waals surface area (Å²) in [7, 11) is 0. The van der Waals surface area contributed by atoms with Crippen molar-refractivity contribution >= 4 is 58.2 Å². The first-order valence-corrected chi connectivity index (χ1v) is 6.31. The fourth-order valence-electron chi connectivity index (χ4n) is 2.16. The zero-order valence-electron chi connectivity index (χ0n) is 8.61. The average molecular weight is 315 g/mol. The average Bonchev–Trinajstić information content (AvgIpc) is 2.48. The maximum atomic E-state index is 11.9. The first-order valence-electron chi connectivity index (χ1n) is 4.80. The smallest absolute Gasteiger partial charge is 0.254 e. The van der Waals surface area contributed by atoms with Crippen molar-refractivity contribution in [2.45, 2.75) is 18.2 Å². The molecule has 2 atom stereocenters. The molecule has 0 saturated carbocycles. The summed E-state index contributed by atoms with van der Waals surface area (Å²) in [5, 5.41) is 2.18. The third-order valence-electron chi connectivity index (χ3n) is 3.20. The van der Waals surface area contributed by atoms with Crippen molar-refractivity contribution in [3.8, 4) is 0 Å². The molecule has 1 heterocycles. The second kappa shape index (κ2) is 3.89. The van der Waals surface area contributed by atoms with Crippen molar-refractivity contribution in [1.29, 1.82) is 0 Å². The molecule has 2 unspecified atom stereocenters. The molecular formula is C10H7Cl4NO2. The van der Waals surface area contributed by atoms with Gasteiger partial charge in [0.2, 0.25) is 5.91 Å². The van der Waals surface area contributed by atoms with Gasteiger partial charge in [0.15, 0.2) is 4.87 Å². The minimum Gasteiger partial charge on any atom is -0.294 e. The number of carbonyl (C=O) groups excluding carboxylic acids is 2. The van der Waals surface area contributed by atoms with Crippen molar-refractivity contribution in [2.75, 3.05) is 0 Å². The molecule has 0 radical (unpaired) electrons. The maximum absolute atomic E-state index is 11.9. The summed E-state index contributed by atoms with van der Waals surface area (Å²) >= 11 is 24.1. The Morgan fingerprint density at radius 3 is 2.35 bits per heavy atom. The van der Waals surface area contributed by atoms with E-state index < -0.39 is 22.1 Å². The Hall–Kier alpha value is -0.220. The molecule has 2 amide bonds. The van der Waals surface area contributed by atoms with E-state index in [2.05, 4.69) is 5.32 Å². The van der Waals surface area contributed by atoms with E-state index in [0.717, 1.165) is 0 Å². The van der Waals surface area contributed by atoms with Gasteiger partial charge in [-0.2, -0.15) is 0 Å². The lowest BCUT2D eigenvalue weighted by Gasteiger charge is -2.37. The molecule has 7 heteroatoms. The summed E-state index contributed by atoms with van der Waals surface area (Å²) in [5.41, 5.74) is -1.28. The molecule has 17 heavy (non-hydrogen) atoms. The van der Waals surface area contributed by atoms with Gasteiger partial charge < -0.3 is 0 Å². The van der Waals surface area contributed by atoms with Gasteiger partial charge in [-0.05, 0) is 12.5 Å². The van der Waals surface area contributed by atoms with Gasteiger partial charge in [0.25, 0.3) is 5.91 Å². The van der Waals surface area contributed by atoms with E-state index in [9.17, 15) is 9.59 Å². The number of fused-ring (bicyclic) bond motifs is 1. The Morgan fingerprint density at radius 1 is 1.24 bits per heavy atom. The number of carbonyl (C=O) groups is 2. The highest BCUT2D eigenvalue weighted by Gasteiger charge is 2.67. The van der Waals surface area contributed by atoms with E-state index in [4.69, 9.17) is 46.4 Å². The second-order valence-corrected chi connectivity index (χ2v) is 5.62. The van der Waals surface area contributed by atoms with E-state index in [1.165, 1.54) is 6.08 Å². The molecule has 2 aliphatic rings. The Kier molecular flexibility index (Phi) is 3.02. The van der Waals surface area contributed by atoms with E-state index in [1.54, 1.807) is 6.92 Å². The number of imide groups is 1. The van der Waals surface area contributed by atoms with Crippen LogP contribution in [0.4, 0.5) is 0 Å². The fraction of sp³-hybridized carbons (Fsp3) is 0.400. The lowest BCUT2D eigenvalue weighted by Crippen LogP contribution is -2.47. The van der Waals surface area contributed by atoms with Crippen LogP contribution < -0.4 is 5.32 Å². The van der Waals surface area contributed by atoms with Gasteiger partial charge in [-0.15, -0.1) is 11.6 Å². The van der Waals surface area contributed by atoms with Crippen LogP contribution in [0.3, 0.4) is 0 Å². The first kappa shape index (κ1) is 13.2. The van der Waals surface area contributed by atoms with Gasteiger partial charge in [0, 0.05) is 0 Å². The number of hydrogen-bond acceptors (Lipinski definition) is 2. The number of rotatable bonds is 1. The van der Waals surface area contributed by atoms with Crippen LogP contribution >= 0.6 is 46.4 Å². The van der Waals surface area contributed by atoms with Crippen LogP contribution in [0, 0.1) is 5.41 Å². The van der Waals surface area contributed by atoms with Crippen LogP contribution in [0.25, 0.3) is 0 Å². The number of allylic oxidation sites excluding steroid dienone is 2. The molecule has 3 nitrogen and oxygen atoms in total. The zero-order valence-corrected chi connectivity index (χ0v) is 11.6. The largest absolute Gasteiger partial charge is 0.294 e. The van der Waals surface area contributed by atoms with Gasteiger partial charge in [0.1, 0.15) is 5.41 Å². The Labute approximate surface area is 118 Å².